The lowest BCUT2D eigenvalue weighted by Gasteiger charge is -1.84. The van der Waals surface area contributed by atoms with Crippen molar-refractivity contribution in [3.63, 3.8) is 0 Å². The van der Waals surface area contributed by atoms with E-state index in [2.05, 4.69) is 20.2 Å². The van der Waals surface area contributed by atoms with Crippen molar-refractivity contribution in [1.82, 2.24) is 20.2 Å². The molecule has 0 fully saturated rings. The summed E-state index contributed by atoms with van der Waals surface area (Å²) < 4.78 is 5.08. The molecule has 0 saturated carbocycles. The van der Waals surface area contributed by atoms with Crippen LogP contribution in [0.1, 0.15) is 11.7 Å². The summed E-state index contributed by atoms with van der Waals surface area (Å²) >= 11 is 0. The standard InChI is InChI=1S/C6H6N4O/c1-3-7-5-6(10-9-3)11-4(2)8-5/h1-2H3. The normalized spacial score (nSPS) is 10.7. The van der Waals surface area contributed by atoms with Gasteiger partial charge in [0.15, 0.2) is 11.7 Å². The molecule has 0 N–H and O–H groups in total. The summed E-state index contributed by atoms with van der Waals surface area (Å²) in [6.07, 6.45) is 0. The van der Waals surface area contributed by atoms with Crippen molar-refractivity contribution in [3.05, 3.63) is 11.7 Å². The van der Waals surface area contributed by atoms with E-state index in [-0.39, 0.29) is 0 Å². The lowest BCUT2D eigenvalue weighted by Crippen LogP contribution is -1.90. The second kappa shape index (κ2) is 1.98. The summed E-state index contributed by atoms with van der Waals surface area (Å²) in [5.41, 5.74) is 0.920. The van der Waals surface area contributed by atoms with Gasteiger partial charge in [-0.25, -0.2) is 4.98 Å². The van der Waals surface area contributed by atoms with Gasteiger partial charge >= 0.3 is 0 Å². The first-order valence-corrected chi connectivity index (χ1v) is 3.20. The van der Waals surface area contributed by atoms with Crippen molar-refractivity contribution in [2.75, 3.05) is 0 Å². The Kier molecular flexibility index (Phi) is 1.12. The lowest BCUT2D eigenvalue weighted by molar-refractivity contribution is 0.546. The highest BCUT2D eigenvalue weighted by atomic mass is 16.4. The molecule has 0 aliphatic heterocycles. The largest absolute Gasteiger partial charge is 0.420 e. The zero-order valence-corrected chi connectivity index (χ0v) is 6.20. The molecule has 2 aromatic rings. The number of rotatable bonds is 0. The van der Waals surface area contributed by atoms with Crippen LogP contribution in [0.4, 0.5) is 0 Å². The molecule has 0 aliphatic rings. The Hall–Kier alpha value is -1.52. The quantitative estimate of drug-likeness (QED) is 0.551. The van der Waals surface area contributed by atoms with E-state index < -0.39 is 0 Å². The lowest BCUT2D eigenvalue weighted by atomic mass is 10.7. The number of aryl methyl sites for hydroxylation is 2. The van der Waals surface area contributed by atoms with E-state index in [1.165, 1.54) is 0 Å². The highest BCUT2D eigenvalue weighted by Gasteiger charge is 2.04. The van der Waals surface area contributed by atoms with Crippen LogP contribution in [-0.2, 0) is 0 Å². The fourth-order valence-electron chi connectivity index (χ4n) is 0.837. The molecule has 0 bridgehead atoms. The highest BCUT2D eigenvalue weighted by Crippen LogP contribution is 2.07. The minimum Gasteiger partial charge on any atom is -0.420 e. The molecule has 0 aliphatic carbocycles. The molecule has 0 spiro atoms. The second-order valence-electron chi connectivity index (χ2n) is 2.22. The third kappa shape index (κ3) is 0.938. The van der Waals surface area contributed by atoms with Crippen LogP contribution in [0.15, 0.2) is 4.42 Å². The Morgan fingerprint density at radius 3 is 2.73 bits per heavy atom. The van der Waals surface area contributed by atoms with Gasteiger partial charge < -0.3 is 4.42 Å². The van der Waals surface area contributed by atoms with Crippen LogP contribution in [0.5, 0.6) is 0 Å². The molecule has 0 aromatic carbocycles. The van der Waals surface area contributed by atoms with Crippen LogP contribution >= 0.6 is 0 Å². The summed E-state index contributed by atoms with van der Waals surface area (Å²) in [4.78, 5) is 8.01. The topological polar surface area (TPSA) is 64.7 Å². The minimum absolute atomic E-state index is 0.396. The van der Waals surface area contributed by atoms with Crippen molar-refractivity contribution in [2.24, 2.45) is 0 Å². The predicted molar refractivity (Wildman–Crippen MR) is 36.9 cm³/mol. The molecule has 2 heterocycles. The van der Waals surface area contributed by atoms with Gasteiger partial charge in [-0.2, -0.15) is 4.98 Å². The summed E-state index contributed by atoms with van der Waals surface area (Å²) in [6, 6.07) is 0. The molecule has 5 nitrogen and oxygen atoms in total. The van der Waals surface area contributed by atoms with E-state index in [1.807, 2.05) is 0 Å². The van der Waals surface area contributed by atoms with Crippen LogP contribution in [-0.4, -0.2) is 20.2 Å². The minimum atomic E-state index is 0.396. The molecule has 0 amide bonds. The predicted octanol–water partition coefficient (Wildman–Crippen LogP) is 0.630. The Morgan fingerprint density at radius 2 is 1.91 bits per heavy atom. The van der Waals surface area contributed by atoms with Gasteiger partial charge in [0, 0.05) is 6.92 Å². The summed E-state index contributed by atoms with van der Waals surface area (Å²) in [5, 5.41) is 7.49. The van der Waals surface area contributed by atoms with Crippen LogP contribution in [0.2, 0.25) is 0 Å². The molecule has 0 unspecified atom stereocenters. The van der Waals surface area contributed by atoms with Crippen molar-refractivity contribution >= 4 is 11.4 Å². The molecular formula is C6H6N4O. The summed E-state index contributed by atoms with van der Waals surface area (Å²) in [7, 11) is 0. The Morgan fingerprint density at radius 1 is 1.09 bits per heavy atom. The number of fused-ring (bicyclic) bond motifs is 1. The van der Waals surface area contributed by atoms with Crippen molar-refractivity contribution in [3.8, 4) is 0 Å². The van der Waals surface area contributed by atoms with Gasteiger partial charge in [-0.05, 0) is 6.92 Å². The van der Waals surface area contributed by atoms with Crippen molar-refractivity contribution in [1.29, 1.82) is 0 Å². The maximum absolute atomic E-state index is 5.08. The third-order valence-corrected chi connectivity index (χ3v) is 1.25. The van der Waals surface area contributed by atoms with Gasteiger partial charge in [-0.3, -0.25) is 0 Å². The number of hydrogen-bond acceptors (Lipinski definition) is 5. The van der Waals surface area contributed by atoms with Gasteiger partial charge in [0.25, 0.3) is 5.71 Å². The zero-order chi connectivity index (χ0) is 7.84. The Labute approximate surface area is 62.5 Å². The van der Waals surface area contributed by atoms with Crippen LogP contribution in [0.25, 0.3) is 11.4 Å². The van der Waals surface area contributed by atoms with E-state index in [1.54, 1.807) is 13.8 Å². The Bertz CT molecular complexity index is 394. The van der Waals surface area contributed by atoms with Crippen molar-refractivity contribution < 1.29 is 4.42 Å². The van der Waals surface area contributed by atoms with E-state index in [9.17, 15) is 0 Å². The van der Waals surface area contributed by atoms with Gasteiger partial charge in [-0.1, -0.05) is 0 Å². The van der Waals surface area contributed by atoms with Gasteiger partial charge in [0.1, 0.15) is 0 Å². The summed E-state index contributed by atoms with van der Waals surface area (Å²) in [6.45, 7) is 3.51. The first kappa shape index (κ1) is 6.21. The Balaban J connectivity index is 2.82. The van der Waals surface area contributed by atoms with E-state index >= 15 is 0 Å². The molecule has 2 aromatic heterocycles. The summed E-state index contributed by atoms with van der Waals surface area (Å²) in [5.74, 6) is 1.17. The number of aromatic nitrogens is 4. The number of oxazole rings is 1. The molecular weight excluding hydrogens is 144 g/mol. The molecule has 0 radical (unpaired) electrons. The fraction of sp³-hybridized carbons (Fsp3) is 0.333. The number of nitrogens with zero attached hydrogens (tertiary/aromatic N) is 4. The molecule has 2 rings (SSSR count). The van der Waals surface area contributed by atoms with E-state index in [4.69, 9.17) is 4.42 Å². The first-order valence-electron chi connectivity index (χ1n) is 3.20. The van der Waals surface area contributed by atoms with E-state index in [0.717, 1.165) is 0 Å². The fourth-order valence-corrected chi connectivity index (χ4v) is 0.837. The number of hydrogen-bond donors (Lipinski definition) is 0. The van der Waals surface area contributed by atoms with Gasteiger partial charge in [-0.15, -0.1) is 10.2 Å². The second-order valence-corrected chi connectivity index (χ2v) is 2.22. The molecule has 11 heavy (non-hydrogen) atoms. The van der Waals surface area contributed by atoms with Gasteiger partial charge in [0.2, 0.25) is 5.65 Å². The molecule has 56 valence electrons. The average molecular weight is 150 g/mol. The smallest absolute Gasteiger partial charge is 0.285 e. The maximum atomic E-state index is 5.08. The monoisotopic (exact) mass is 150 g/mol. The third-order valence-electron chi connectivity index (χ3n) is 1.25. The maximum Gasteiger partial charge on any atom is 0.285 e. The zero-order valence-electron chi connectivity index (χ0n) is 6.20. The molecule has 0 atom stereocenters. The SMILES string of the molecule is Cc1nnc2oc(C)nc2n1. The van der Waals surface area contributed by atoms with Crippen molar-refractivity contribution in [2.45, 2.75) is 13.8 Å². The van der Waals surface area contributed by atoms with E-state index in [0.29, 0.717) is 23.1 Å². The molecule has 0 saturated heterocycles. The first-order chi connectivity index (χ1) is 5.25. The van der Waals surface area contributed by atoms with Crippen LogP contribution in [0, 0.1) is 13.8 Å². The van der Waals surface area contributed by atoms with Crippen LogP contribution < -0.4 is 0 Å². The van der Waals surface area contributed by atoms with Crippen LogP contribution in [0.3, 0.4) is 0 Å². The molecule has 5 heteroatoms. The highest BCUT2D eigenvalue weighted by molar-refractivity contribution is 5.60. The average Bonchev–Trinajstić information content (AvgIpc) is 2.27. The van der Waals surface area contributed by atoms with Gasteiger partial charge in [0.05, 0.1) is 0 Å².